The van der Waals surface area contributed by atoms with Crippen LogP contribution in [-0.4, -0.2) is 31.2 Å². The number of carbonyl (C=O) groups is 1. The first-order valence-corrected chi connectivity index (χ1v) is 10.9. The molecule has 0 atom stereocenters. The van der Waals surface area contributed by atoms with Crippen molar-refractivity contribution >= 4 is 17.2 Å². The summed E-state index contributed by atoms with van der Waals surface area (Å²) in [6, 6.07) is 9.84. The number of nitriles is 1. The van der Waals surface area contributed by atoms with Crippen LogP contribution in [0.3, 0.4) is 0 Å². The van der Waals surface area contributed by atoms with E-state index in [-0.39, 0.29) is 11.2 Å². The minimum Gasteiger partial charge on any atom is -0.376 e. The first-order valence-electron chi connectivity index (χ1n) is 10.9. The molecule has 5 nitrogen and oxygen atoms in total. The molecule has 0 radical (unpaired) electrons. The molecule has 0 aliphatic carbocycles. The van der Waals surface area contributed by atoms with Crippen LogP contribution >= 0.6 is 0 Å². The van der Waals surface area contributed by atoms with Gasteiger partial charge in [-0.15, -0.1) is 0 Å². The molecule has 1 aliphatic heterocycles. The van der Waals surface area contributed by atoms with Gasteiger partial charge in [-0.25, -0.2) is 0 Å². The van der Waals surface area contributed by atoms with Crippen LogP contribution in [0.25, 0.3) is 5.57 Å². The maximum atomic E-state index is 11.2. The van der Waals surface area contributed by atoms with Gasteiger partial charge in [0.15, 0.2) is 0 Å². The lowest BCUT2D eigenvalue weighted by atomic mass is 10.0. The van der Waals surface area contributed by atoms with E-state index in [4.69, 9.17) is 15.7 Å². The third kappa shape index (κ3) is 9.45. The van der Waals surface area contributed by atoms with Crippen LogP contribution in [0.1, 0.15) is 72.8 Å². The molecule has 1 saturated heterocycles. The summed E-state index contributed by atoms with van der Waals surface area (Å²) in [7, 11) is 0. The SMILES string of the molecule is C/C(=C(/C#N)C(N)=O)c1ccc(N2CCCCC2)cc1.CC(C)CCOC(C)(C)C. The van der Waals surface area contributed by atoms with E-state index < -0.39 is 5.91 Å². The van der Waals surface area contributed by atoms with E-state index in [1.807, 2.05) is 30.3 Å². The minimum atomic E-state index is -0.676. The number of rotatable bonds is 6. The van der Waals surface area contributed by atoms with Gasteiger partial charge in [-0.1, -0.05) is 26.0 Å². The quantitative estimate of drug-likeness (QED) is 0.506. The molecule has 0 unspecified atom stereocenters. The zero-order valence-electron chi connectivity index (χ0n) is 19.6. The predicted octanol–water partition coefficient (Wildman–Crippen LogP) is 5.31. The summed E-state index contributed by atoms with van der Waals surface area (Å²) >= 11 is 0. The van der Waals surface area contributed by atoms with Gasteiger partial charge >= 0.3 is 0 Å². The molecular weight excluding hydrogens is 374 g/mol. The zero-order chi connectivity index (χ0) is 22.7. The number of nitrogens with zero attached hydrogens (tertiary/aromatic N) is 2. The van der Waals surface area contributed by atoms with Gasteiger partial charge in [0.1, 0.15) is 11.6 Å². The summed E-state index contributed by atoms with van der Waals surface area (Å²) in [6.45, 7) is 15.5. The topological polar surface area (TPSA) is 79.3 Å². The van der Waals surface area contributed by atoms with Crippen LogP contribution in [0, 0.1) is 17.2 Å². The fourth-order valence-electron chi connectivity index (χ4n) is 3.14. The van der Waals surface area contributed by atoms with Crippen LogP contribution in [0.5, 0.6) is 0 Å². The smallest absolute Gasteiger partial charge is 0.259 e. The predicted molar refractivity (Wildman–Crippen MR) is 125 cm³/mol. The van der Waals surface area contributed by atoms with E-state index in [2.05, 4.69) is 39.5 Å². The normalized spacial score (nSPS) is 15.1. The van der Waals surface area contributed by atoms with E-state index in [1.54, 1.807) is 6.92 Å². The molecule has 1 aromatic rings. The largest absolute Gasteiger partial charge is 0.376 e. The third-order valence-electron chi connectivity index (χ3n) is 4.99. The van der Waals surface area contributed by atoms with Crippen LogP contribution in [0.2, 0.25) is 0 Å². The molecule has 1 fully saturated rings. The lowest BCUT2D eigenvalue weighted by Gasteiger charge is -2.28. The Kier molecular flexibility index (Phi) is 10.6. The number of allylic oxidation sites excluding steroid dienone is 1. The highest BCUT2D eigenvalue weighted by molar-refractivity contribution is 6.03. The van der Waals surface area contributed by atoms with Crippen molar-refractivity contribution in [1.29, 1.82) is 5.26 Å². The molecular formula is C25H39N3O2. The number of primary amides is 1. The minimum absolute atomic E-state index is 0.0238. The number of carbonyl (C=O) groups excluding carboxylic acids is 1. The van der Waals surface area contributed by atoms with Gasteiger partial charge in [-0.05, 0) is 82.6 Å². The molecule has 30 heavy (non-hydrogen) atoms. The maximum Gasteiger partial charge on any atom is 0.259 e. The van der Waals surface area contributed by atoms with Crippen molar-refractivity contribution in [2.45, 2.75) is 72.8 Å². The number of nitrogens with two attached hydrogens (primary N) is 1. The monoisotopic (exact) mass is 413 g/mol. The van der Waals surface area contributed by atoms with Gasteiger partial charge in [0.25, 0.3) is 5.91 Å². The highest BCUT2D eigenvalue weighted by atomic mass is 16.5. The molecule has 0 saturated carbocycles. The summed E-state index contributed by atoms with van der Waals surface area (Å²) in [5.41, 5.74) is 7.95. The number of ether oxygens (including phenoxy) is 1. The fourth-order valence-corrected chi connectivity index (χ4v) is 3.14. The zero-order valence-corrected chi connectivity index (χ0v) is 19.6. The summed E-state index contributed by atoms with van der Waals surface area (Å²) in [6.07, 6.45) is 4.94. The van der Waals surface area contributed by atoms with Crippen molar-refractivity contribution in [2.24, 2.45) is 11.7 Å². The average molecular weight is 414 g/mol. The molecule has 2 rings (SSSR count). The second-order valence-corrected chi connectivity index (χ2v) is 9.21. The third-order valence-corrected chi connectivity index (χ3v) is 4.99. The Labute approximate surface area is 182 Å². The molecule has 1 amide bonds. The molecule has 0 spiro atoms. The number of amides is 1. The number of anilines is 1. The van der Waals surface area contributed by atoms with E-state index in [1.165, 1.54) is 24.9 Å². The molecule has 1 heterocycles. The molecule has 1 aromatic carbocycles. The Bertz CT molecular complexity index is 731. The Morgan fingerprint density at radius 1 is 1.17 bits per heavy atom. The Morgan fingerprint density at radius 3 is 2.17 bits per heavy atom. The summed E-state index contributed by atoms with van der Waals surface area (Å²) < 4.78 is 5.54. The van der Waals surface area contributed by atoms with Crippen molar-refractivity contribution < 1.29 is 9.53 Å². The Balaban J connectivity index is 0.000000382. The molecule has 0 bridgehead atoms. The highest BCUT2D eigenvalue weighted by Gasteiger charge is 2.13. The molecule has 1 aliphatic rings. The average Bonchev–Trinajstić information content (AvgIpc) is 2.68. The standard InChI is InChI=1S/C16H19N3O.C9H20O/c1-12(15(11-17)16(18)20)13-5-7-14(8-6-13)19-9-3-2-4-10-19;1-8(2)6-7-10-9(3,4)5/h5-8H,2-4,9-10H2,1H3,(H2,18,20);8H,6-7H2,1-5H3/b15-12+;. The molecule has 166 valence electrons. The fraction of sp³-hybridized carbons (Fsp3) is 0.600. The molecule has 0 aromatic heterocycles. The summed E-state index contributed by atoms with van der Waals surface area (Å²) in [5.74, 6) is 0.0763. The van der Waals surface area contributed by atoms with Crippen molar-refractivity contribution in [3.8, 4) is 6.07 Å². The van der Waals surface area contributed by atoms with E-state index in [0.717, 1.165) is 37.6 Å². The van der Waals surface area contributed by atoms with E-state index in [9.17, 15) is 4.79 Å². The van der Waals surface area contributed by atoms with Crippen LogP contribution < -0.4 is 10.6 Å². The summed E-state index contributed by atoms with van der Waals surface area (Å²) in [4.78, 5) is 13.6. The molecule has 2 N–H and O–H groups in total. The van der Waals surface area contributed by atoms with Crippen molar-refractivity contribution in [3.63, 3.8) is 0 Å². The van der Waals surface area contributed by atoms with Crippen LogP contribution in [0.4, 0.5) is 5.69 Å². The first-order chi connectivity index (χ1) is 14.0. The van der Waals surface area contributed by atoms with Gasteiger partial charge in [0.2, 0.25) is 0 Å². The second kappa shape index (κ2) is 12.4. The van der Waals surface area contributed by atoms with E-state index in [0.29, 0.717) is 5.57 Å². The Morgan fingerprint density at radius 2 is 1.73 bits per heavy atom. The van der Waals surface area contributed by atoms with E-state index >= 15 is 0 Å². The number of piperidine rings is 1. The Hall–Kier alpha value is -2.32. The first kappa shape index (κ1) is 25.7. The van der Waals surface area contributed by atoms with Gasteiger partial charge in [-0.3, -0.25) is 4.79 Å². The van der Waals surface area contributed by atoms with Crippen molar-refractivity contribution in [2.75, 3.05) is 24.6 Å². The van der Waals surface area contributed by atoms with Crippen molar-refractivity contribution in [3.05, 3.63) is 35.4 Å². The van der Waals surface area contributed by atoms with Gasteiger partial charge in [-0.2, -0.15) is 5.26 Å². The van der Waals surface area contributed by atoms with Crippen LogP contribution in [0.15, 0.2) is 29.8 Å². The lowest BCUT2D eigenvalue weighted by Crippen LogP contribution is -2.29. The highest BCUT2D eigenvalue weighted by Crippen LogP contribution is 2.24. The second-order valence-electron chi connectivity index (χ2n) is 9.21. The number of benzene rings is 1. The van der Waals surface area contributed by atoms with Crippen LogP contribution in [-0.2, 0) is 9.53 Å². The number of hydrogen-bond acceptors (Lipinski definition) is 4. The number of hydrogen-bond donors (Lipinski definition) is 1. The summed E-state index contributed by atoms with van der Waals surface area (Å²) in [5, 5.41) is 8.97. The van der Waals surface area contributed by atoms with Gasteiger partial charge in [0.05, 0.1) is 5.60 Å². The molecule has 5 heteroatoms. The maximum absolute atomic E-state index is 11.2. The van der Waals surface area contributed by atoms with Gasteiger partial charge in [0, 0.05) is 25.4 Å². The van der Waals surface area contributed by atoms with Gasteiger partial charge < -0.3 is 15.4 Å². The lowest BCUT2D eigenvalue weighted by molar-refractivity contribution is -0.114. The van der Waals surface area contributed by atoms with Crippen molar-refractivity contribution in [1.82, 2.24) is 0 Å².